The summed E-state index contributed by atoms with van der Waals surface area (Å²) in [5, 5.41) is 27.2. The van der Waals surface area contributed by atoms with E-state index in [9.17, 15) is 28.2 Å². The predicted octanol–water partition coefficient (Wildman–Crippen LogP) is 4.34. The number of benzene rings is 2. The average molecular weight is 637 g/mol. The normalized spacial score (nSPS) is 15.1. The molecule has 42 heavy (non-hydrogen) atoms. The molecule has 0 bridgehead atoms. The molecule has 0 spiro atoms. The van der Waals surface area contributed by atoms with Crippen LogP contribution in [0.2, 0.25) is 5.02 Å². The Morgan fingerprint density at radius 1 is 1.07 bits per heavy atom. The molecule has 0 aliphatic carbocycles. The number of aliphatic imine (C=N–C) groups is 1. The van der Waals surface area contributed by atoms with Crippen LogP contribution in [0, 0.1) is 0 Å². The number of hydrogen-bond acceptors (Lipinski definition) is 12. The van der Waals surface area contributed by atoms with Crippen molar-refractivity contribution in [2.45, 2.75) is 17.6 Å². The van der Waals surface area contributed by atoms with Gasteiger partial charge in [-0.1, -0.05) is 35.9 Å². The minimum atomic E-state index is -4.33. The van der Waals surface area contributed by atoms with E-state index in [4.69, 9.17) is 25.8 Å². The molecule has 13 nitrogen and oxygen atoms in total. The summed E-state index contributed by atoms with van der Waals surface area (Å²) in [7, 11) is -0.353. The van der Waals surface area contributed by atoms with Crippen LogP contribution in [-0.4, -0.2) is 62.6 Å². The Morgan fingerprint density at radius 3 is 2.48 bits per heavy atom. The number of halogens is 1. The van der Waals surface area contributed by atoms with E-state index in [0.717, 1.165) is 18.4 Å². The summed E-state index contributed by atoms with van der Waals surface area (Å²) in [6, 6.07) is 9.57. The first-order valence-electron chi connectivity index (χ1n) is 11.9. The van der Waals surface area contributed by atoms with Crippen LogP contribution >= 0.6 is 22.9 Å². The molecule has 0 saturated heterocycles. The molecule has 1 aromatic heterocycles. The van der Waals surface area contributed by atoms with Crippen molar-refractivity contribution in [3.8, 4) is 11.5 Å². The van der Waals surface area contributed by atoms with Gasteiger partial charge in [0.25, 0.3) is 10.0 Å². The number of carbonyl (C=O) groups is 2. The van der Waals surface area contributed by atoms with E-state index >= 15 is 0 Å². The third kappa shape index (κ3) is 6.07. The number of ether oxygens (including phenoxy) is 3. The quantitative estimate of drug-likeness (QED) is 0.247. The lowest BCUT2D eigenvalue weighted by molar-refractivity contribution is -0.132. The van der Waals surface area contributed by atoms with Gasteiger partial charge >= 0.3 is 12.0 Å². The second-order valence-corrected chi connectivity index (χ2v) is 11.3. The number of nitrogens with one attached hydrogen (secondary N) is 2. The van der Waals surface area contributed by atoms with Crippen LogP contribution in [0.3, 0.4) is 0 Å². The standard InChI is InChI=1S/C26H25ClN4O9S2/c1-38-18-9-6-7-14(22(18)39-2)11-31-23(29-20(25(34)40-3)21(32)24(31)33)15-12-41-13-17(15)28-26(35)30-42(36,37)19-10-5-4-8-16(19)27/h4-10,12-13,23,32-33H,11H2,1-3H3,(H2,28,30,35). The summed E-state index contributed by atoms with van der Waals surface area (Å²) in [6.07, 6.45) is -1.20. The molecular weight excluding hydrogens is 612 g/mol. The number of para-hydroxylation sites is 1. The number of anilines is 1. The SMILES string of the molecule is COC(=O)C1=NC(c2cscc2NC(=O)NS(=O)(=O)c2ccccc2Cl)N(Cc2cccc(OC)c2OC)C(O)=C1O. The van der Waals surface area contributed by atoms with Gasteiger partial charge in [0.05, 0.1) is 38.6 Å². The second-order valence-electron chi connectivity index (χ2n) is 8.53. The maximum absolute atomic E-state index is 12.8. The number of aliphatic hydroxyl groups is 2. The molecule has 4 N–H and O–H groups in total. The van der Waals surface area contributed by atoms with Crippen LogP contribution < -0.4 is 19.5 Å². The van der Waals surface area contributed by atoms with Gasteiger partial charge in [0.2, 0.25) is 11.6 Å². The molecule has 2 heterocycles. The van der Waals surface area contributed by atoms with E-state index in [1.165, 1.54) is 42.7 Å². The van der Waals surface area contributed by atoms with Gasteiger partial charge in [-0.3, -0.25) is 0 Å². The minimum Gasteiger partial charge on any atom is -0.501 e. The van der Waals surface area contributed by atoms with Gasteiger partial charge in [0.1, 0.15) is 4.90 Å². The van der Waals surface area contributed by atoms with Crippen molar-refractivity contribution in [3.05, 3.63) is 81.0 Å². The van der Waals surface area contributed by atoms with Gasteiger partial charge in [-0.25, -0.2) is 27.7 Å². The molecule has 3 aromatic rings. The third-order valence-corrected chi connectivity index (χ3v) is 8.62. The van der Waals surface area contributed by atoms with Gasteiger partial charge in [-0.2, -0.15) is 0 Å². The number of urea groups is 1. The molecule has 16 heteroatoms. The zero-order chi connectivity index (χ0) is 30.6. The van der Waals surface area contributed by atoms with Gasteiger partial charge in [-0.15, -0.1) is 11.3 Å². The van der Waals surface area contributed by atoms with Crippen LogP contribution in [0.5, 0.6) is 11.5 Å². The molecule has 222 valence electrons. The Hall–Kier alpha value is -4.47. The van der Waals surface area contributed by atoms with E-state index in [1.54, 1.807) is 29.6 Å². The van der Waals surface area contributed by atoms with Crippen LogP contribution in [0.25, 0.3) is 0 Å². The molecule has 1 aliphatic rings. The van der Waals surface area contributed by atoms with Crippen molar-refractivity contribution < 1.29 is 42.4 Å². The summed E-state index contributed by atoms with van der Waals surface area (Å²) >= 11 is 7.12. The molecule has 1 aliphatic heterocycles. The van der Waals surface area contributed by atoms with Crippen LogP contribution in [0.1, 0.15) is 17.3 Å². The molecule has 2 aromatic carbocycles. The maximum Gasteiger partial charge on any atom is 0.360 e. The zero-order valence-electron chi connectivity index (χ0n) is 22.3. The van der Waals surface area contributed by atoms with Gasteiger partial charge in [0, 0.05) is 21.9 Å². The topological polar surface area (TPSA) is 176 Å². The molecule has 4 rings (SSSR count). The van der Waals surface area contributed by atoms with E-state index in [1.807, 2.05) is 4.72 Å². The number of nitrogens with zero attached hydrogens (tertiary/aromatic N) is 2. The van der Waals surface area contributed by atoms with E-state index in [0.29, 0.717) is 17.1 Å². The summed E-state index contributed by atoms with van der Waals surface area (Å²) < 4.78 is 43.0. The molecule has 0 saturated carbocycles. The maximum atomic E-state index is 12.8. The lowest BCUT2D eigenvalue weighted by Crippen LogP contribution is -2.37. The van der Waals surface area contributed by atoms with Crippen molar-refractivity contribution in [2.24, 2.45) is 4.99 Å². The number of methoxy groups -OCH3 is 3. The first-order valence-corrected chi connectivity index (χ1v) is 14.7. The Bertz CT molecular complexity index is 1690. The number of sulfonamides is 1. The fourth-order valence-corrected chi connectivity index (χ4v) is 6.34. The van der Waals surface area contributed by atoms with Crippen LogP contribution in [0.4, 0.5) is 10.5 Å². The zero-order valence-corrected chi connectivity index (χ0v) is 24.7. The Kier molecular flexibility index (Phi) is 9.14. The highest BCUT2D eigenvalue weighted by Crippen LogP contribution is 2.40. The van der Waals surface area contributed by atoms with Gasteiger partial charge < -0.3 is 34.6 Å². The highest BCUT2D eigenvalue weighted by atomic mass is 35.5. The molecule has 1 unspecified atom stereocenters. The van der Waals surface area contributed by atoms with Crippen molar-refractivity contribution in [1.29, 1.82) is 0 Å². The first-order chi connectivity index (χ1) is 20.0. The number of carbonyl (C=O) groups excluding carboxylic acids is 2. The predicted molar refractivity (Wildman–Crippen MR) is 155 cm³/mol. The highest BCUT2D eigenvalue weighted by Gasteiger charge is 2.37. The number of hydrogen-bond donors (Lipinski definition) is 4. The summed E-state index contributed by atoms with van der Waals surface area (Å²) in [5.74, 6) is -1.79. The highest BCUT2D eigenvalue weighted by molar-refractivity contribution is 7.90. The number of aliphatic hydroxyl groups excluding tert-OH is 2. The first kappa shape index (κ1) is 30.5. The largest absolute Gasteiger partial charge is 0.501 e. The number of rotatable bonds is 9. The lowest BCUT2D eigenvalue weighted by atomic mass is 10.1. The summed E-state index contributed by atoms with van der Waals surface area (Å²) in [6.45, 7) is -0.110. The molecule has 1 atom stereocenters. The third-order valence-electron chi connectivity index (χ3n) is 6.03. The second kappa shape index (κ2) is 12.6. The van der Waals surface area contributed by atoms with Crippen LogP contribution in [-0.2, 0) is 26.1 Å². The minimum absolute atomic E-state index is 0.0772. The Morgan fingerprint density at radius 2 is 1.81 bits per heavy atom. The monoisotopic (exact) mass is 636 g/mol. The van der Waals surface area contributed by atoms with Crippen molar-refractivity contribution in [1.82, 2.24) is 9.62 Å². The molecule has 2 amide bonds. The molecule has 0 fully saturated rings. The smallest absolute Gasteiger partial charge is 0.360 e. The van der Waals surface area contributed by atoms with E-state index in [-0.39, 0.29) is 27.7 Å². The Balaban J connectivity index is 1.71. The summed E-state index contributed by atoms with van der Waals surface area (Å²) in [5.41, 5.74) is 0.331. The van der Waals surface area contributed by atoms with Crippen molar-refractivity contribution in [3.63, 3.8) is 0 Å². The number of thiophene rings is 1. The summed E-state index contributed by atoms with van der Waals surface area (Å²) in [4.78, 5) is 30.5. The van der Waals surface area contributed by atoms with Gasteiger partial charge in [-0.05, 0) is 18.2 Å². The Labute approximate surface area is 249 Å². The van der Waals surface area contributed by atoms with E-state index < -0.39 is 45.5 Å². The molecular formula is C26H25ClN4O9S2. The fraction of sp³-hybridized carbons (Fsp3) is 0.192. The molecule has 0 radical (unpaired) electrons. The number of esters is 1. The lowest BCUT2D eigenvalue weighted by Gasteiger charge is -2.34. The average Bonchev–Trinajstić information content (AvgIpc) is 3.42. The fourth-order valence-electron chi connectivity index (χ4n) is 4.11. The van der Waals surface area contributed by atoms with Crippen LogP contribution in [0.15, 0.2) is 74.8 Å². The number of amides is 2. The van der Waals surface area contributed by atoms with Gasteiger partial charge in [0.15, 0.2) is 23.4 Å². The van der Waals surface area contributed by atoms with Crippen molar-refractivity contribution >= 4 is 56.4 Å². The van der Waals surface area contributed by atoms with E-state index in [2.05, 4.69) is 10.3 Å². The van der Waals surface area contributed by atoms with Crippen molar-refractivity contribution in [2.75, 3.05) is 26.6 Å².